The number of rotatable bonds is 4. The van der Waals surface area contributed by atoms with E-state index in [2.05, 4.69) is 123 Å². The Balaban J connectivity index is 1.40. The Morgan fingerprint density at radius 3 is 2.34 bits per heavy atom. The second-order valence-electron chi connectivity index (χ2n) is 11.4. The highest BCUT2D eigenvalue weighted by Gasteiger charge is 2.21. The molecule has 41 heavy (non-hydrogen) atoms. The first-order valence-electron chi connectivity index (χ1n) is 13.9. The molecule has 0 aliphatic carbocycles. The van der Waals surface area contributed by atoms with Crippen molar-refractivity contribution in [1.29, 1.82) is 0 Å². The number of benzene rings is 5. The van der Waals surface area contributed by atoms with Gasteiger partial charge in [-0.2, -0.15) is 0 Å². The van der Waals surface area contributed by atoms with E-state index >= 15 is 0 Å². The molecule has 0 spiro atoms. The first kappa shape index (κ1) is 25.3. The lowest BCUT2D eigenvalue weighted by molar-refractivity contribution is 0.591. The molecule has 0 unspecified atom stereocenters. The maximum Gasteiger partial charge on any atom is 0.126 e. The van der Waals surface area contributed by atoms with E-state index in [1.54, 1.807) is 11.3 Å². The van der Waals surface area contributed by atoms with E-state index in [0.29, 0.717) is 0 Å². The molecule has 2 heterocycles. The topological polar surface area (TPSA) is 38.1 Å². The number of para-hydroxylation sites is 2. The minimum atomic E-state index is -0.00339. The van der Waals surface area contributed by atoms with Crippen molar-refractivity contribution in [3.8, 4) is 21.7 Å². The lowest BCUT2D eigenvalue weighted by Gasteiger charge is -2.20. The molecular formula is C37H29N3S. The summed E-state index contributed by atoms with van der Waals surface area (Å²) in [6, 6.07) is 38.1. The zero-order valence-electron chi connectivity index (χ0n) is 23.3. The molecule has 3 nitrogen and oxygen atoms in total. The van der Waals surface area contributed by atoms with Gasteiger partial charge in [-0.15, -0.1) is 11.3 Å². The zero-order chi connectivity index (χ0) is 28.0. The van der Waals surface area contributed by atoms with Crippen LogP contribution in [0.15, 0.2) is 120 Å². The highest BCUT2D eigenvalue weighted by atomic mass is 32.1. The van der Waals surface area contributed by atoms with Crippen LogP contribution >= 0.6 is 11.3 Å². The first-order valence-corrected chi connectivity index (χ1v) is 14.7. The first-order chi connectivity index (χ1) is 20.0. The highest BCUT2D eigenvalue weighted by Crippen LogP contribution is 2.42. The average Bonchev–Trinajstić information content (AvgIpc) is 3.43. The SMILES string of the molecule is CC(C)(C)c1cc(-c2ccnc3ccccc23)c2nc(-c3ccccc3N=Cc3cccc4ccccc34)sc2c1. The molecular weight excluding hydrogens is 518 g/mol. The van der Waals surface area contributed by atoms with E-state index in [4.69, 9.17) is 9.98 Å². The molecule has 0 saturated carbocycles. The van der Waals surface area contributed by atoms with Crippen molar-refractivity contribution < 1.29 is 0 Å². The van der Waals surface area contributed by atoms with Crippen molar-refractivity contribution >= 4 is 55.1 Å². The van der Waals surface area contributed by atoms with E-state index in [9.17, 15) is 0 Å². The van der Waals surface area contributed by atoms with Crippen molar-refractivity contribution in [2.75, 3.05) is 0 Å². The summed E-state index contributed by atoms with van der Waals surface area (Å²) in [4.78, 5) is 14.9. The largest absolute Gasteiger partial charge is 0.256 e. The molecule has 198 valence electrons. The Morgan fingerprint density at radius 1 is 0.707 bits per heavy atom. The number of thiazole rings is 1. The number of aliphatic imine (C=N–C) groups is 1. The van der Waals surface area contributed by atoms with Gasteiger partial charge in [-0.25, -0.2) is 4.98 Å². The molecule has 0 bridgehead atoms. The van der Waals surface area contributed by atoms with Crippen molar-refractivity contribution in [3.05, 3.63) is 127 Å². The van der Waals surface area contributed by atoms with Crippen LogP contribution in [0, 0.1) is 0 Å². The molecule has 0 aliphatic rings. The maximum atomic E-state index is 5.28. The van der Waals surface area contributed by atoms with Gasteiger partial charge in [-0.1, -0.05) is 93.6 Å². The predicted molar refractivity (Wildman–Crippen MR) is 176 cm³/mol. The molecule has 0 aliphatic heterocycles. The van der Waals surface area contributed by atoms with Gasteiger partial charge < -0.3 is 0 Å². The molecule has 4 heteroatoms. The number of aromatic nitrogens is 2. The van der Waals surface area contributed by atoms with Crippen molar-refractivity contribution in [3.63, 3.8) is 0 Å². The third-order valence-corrected chi connectivity index (χ3v) is 8.64. The molecule has 0 atom stereocenters. The number of pyridine rings is 1. The summed E-state index contributed by atoms with van der Waals surface area (Å²) in [6.07, 6.45) is 3.87. The number of nitrogens with zero attached hydrogens (tertiary/aromatic N) is 3. The molecule has 0 amide bonds. The molecule has 0 saturated heterocycles. The molecule has 2 aromatic heterocycles. The van der Waals surface area contributed by atoms with Gasteiger partial charge in [0.25, 0.3) is 0 Å². The summed E-state index contributed by atoms with van der Waals surface area (Å²) >= 11 is 1.73. The number of hydrogen-bond acceptors (Lipinski definition) is 4. The monoisotopic (exact) mass is 547 g/mol. The highest BCUT2D eigenvalue weighted by molar-refractivity contribution is 7.21. The summed E-state index contributed by atoms with van der Waals surface area (Å²) in [5, 5.41) is 4.51. The van der Waals surface area contributed by atoms with Crippen molar-refractivity contribution in [2.24, 2.45) is 4.99 Å². The summed E-state index contributed by atoms with van der Waals surface area (Å²) in [7, 11) is 0. The van der Waals surface area contributed by atoms with Crippen LogP contribution in [-0.4, -0.2) is 16.2 Å². The van der Waals surface area contributed by atoms with Gasteiger partial charge in [-0.3, -0.25) is 9.98 Å². The van der Waals surface area contributed by atoms with Gasteiger partial charge in [0.15, 0.2) is 0 Å². The van der Waals surface area contributed by atoms with Crippen LogP contribution in [0.2, 0.25) is 0 Å². The third kappa shape index (κ3) is 4.71. The lowest BCUT2D eigenvalue weighted by Crippen LogP contribution is -2.11. The van der Waals surface area contributed by atoms with Gasteiger partial charge in [0.2, 0.25) is 0 Å². The quantitative estimate of drug-likeness (QED) is 0.206. The third-order valence-electron chi connectivity index (χ3n) is 7.60. The maximum absolute atomic E-state index is 5.28. The van der Waals surface area contributed by atoms with Gasteiger partial charge in [0.05, 0.1) is 21.4 Å². The van der Waals surface area contributed by atoms with E-state index in [1.807, 2.05) is 24.5 Å². The fraction of sp³-hybridized carbons (Fsp3) is 0.108. The normalized spacial score (nSPS) is 12.2. The van der Waals surface area contributed by atoms with Crippen molar-refractivity contribution in [2.45, 2.75) is 26.2 Å². The van der Waals surface area contributed by atoms with Crippen LogP contribution in [0.25, 0.3) is 53.6 Å². The van der Waals surface area contributed by atoms with E-state index in [1.165, 1.54) is 21.0 Å². The predicted octanol–water partition coefficient (Wildman–Crippen LogP) is 10.4. The fourth-order valence-corrected chi connectivity index (χ4v) is 6.45. The number of hydrogen-bond donors (Lipinski definition) is 0. The van der Waals surface area contributed by atoms with Gasteiger partial charge in [0.1, 0.15) is 5.01 Å². The Hall–Kier alpha value is -4.67. The van der Waals surface area contributed by atoms with Crippen LogP contribution < -0.4 is 0 Å². The number of fused-ring (bicyclic) bond motifs is 3. The summed E-state index contributed by atoms with van der Waals surface area (Å²) < 4.78 is 1.18. The van der Waals surface area contributed by atoms with Crippen LogP contribution in [0.1, 0.15) is 31.9 Å². The van der Waals surface area contributed by atoms with Crippen LogP contribution in [-0.2, 0) is 5.41 Å². The van der Waals surface area contributed by atoms with Crippen molar-refractivity contribution in [1.82, 2.24) is 9.97 Å². The molecule has 0 fully saturated rings. The standard InChI is InChI=1S/C37H29N3S/c1-37(2,3)26-21-31(28-19-20-38-32-17-8-6-15-29(28)32)35-34(22-26)41-36(40-35)30-16-7-9-18-33(30)39-23-25-13-10-12-24-11-4-5-14-27(24)25/h4-23H,1-3H3. The minimum absolute atomic E-state index is 0.00339. The van der Waals surface area contributed by atoms with E-state index in [-0.39, 0.29) is 5.41 Å². The zero-order valence-corrected chi connectivity index (χ0v) is 24.1. The second kappa shape index (κ2) is 10.1. The van der Waals surface area contributed by atoms with Crippen LogP contribution in [0.5, 0.6) is 0 Å². The molecule has 7 rings (SSSR count). The smallest absolute Gasteiger partial charge is 0.126 e. The van der Waals surface area contributed by atoms with Crippen LogP contribution in [0.4, 0.5) is 5.69 Å². The lowest BCUT2D eigenvalue weighted by atomic mass is 9.85. The summed E-state index contributed by atoms with van der Waals surface area (Å²) in [5.41, 5.74) is 8.64. The minimum Gasteiger partial charge on any atom is -0.256 e. The average molecular weight is 548 g/mol. The Labute approximate surface area is 243 Å². The second-order valence-corrected chi connectivity index (χ2v) is 12.4. The Morgan fingerprint density at radius 2 is 1.46 bits per heavy atom. The summed E-state index contributed by atoms with van der Waals surface area (Å²) in [5.74, 6) is 0. The van der Waals surface area contributed by atoms with Gasteiger partial charge in [0, 0.05) is 34.5 Å². The summed E-state index contributed by atoms with van der Waals surface area (Å²) in [6.45, 7) is 6.80. The van der Waals surface area contributed by atoms with E-state index in [0.717, 1.165) is 49.4 Å². The molecule has 7 aromatic rings. The van der Waals surface area contributed by atoms with Gasteiger partial charge >= 0.3 is 0 Å². The van der Waals surface area contributed by atoms with E-state index < -0.39 is 0 Å². The fourth-order valence-electron chi connectivity index (χ4n) is 5.38. The van der Waals surface area contributed by atoms with Crippen LogP contribution in [0.3, 0.4) is 0 Å². The Kier molecular flexibility index (Phi) is 6.21. The molecule has 0 radical (unpaired) electrons. The molecule has 0 N–H and O–H groups in total. The Bertz CT molecular complexity index is 2090. The molecule has 5 aromatic carbocycles. The van der Waals surface area contributed by atoms with Gasteiger partial charge in [-0.05, 0) is 63.7 Å².